The minimum atomic E-state index is -4.46. The van der Waals surface area contributed by atoms with Gasteiger partial charge in [0.05, 0.1) is 12.1 Å². The first-order valence-electron chi connectivity index (χ1n) is 6.52. The van der Waals surface area contributed by atoms with E-state index in [2.05, 4.69) is 15.6 Å². The third-order valence-corrected chi connectivity index (χ3v) is 2.88. The Labute approximate surface area is 125 Å². The van der Waals surface area contributed by atoms with Gasteiger partial charge >= 0.3 is 6.18 Å². The van der Waals surface area contributed by atoms with Crippen molar-refractivity contribution in [1.82, 2.24) is 10.3 Å². The number of carbonyl (C=O) groups excluding carboxylic acids is 1. The maximum atomic E-state index is 12.8. The predicted octanol–water partition coefficient (Wildman–Crippen LogP) is 2.83. The highest BCUT2D eigenvalue weighted by Gasteiger charge is 2.33. The van der Waals surface area contributed by atoms with E-state index in [4.69, 9.17) is 0 Å². The van der Waals surface area contributed by atoms with Gasteiger partial charge < -0.3 is 10.6 Å². The Hall–Kier alpha value is -2.57. The van der Waals surface area contributed by atoms with E-state index in [-0.39, 0.29) is 18.8 Å². The molecule has 2 rings (SSSR count). The van der Waals surface area contributed by atoms with Crippen LogP contribution in [0.1, 0.15) is 11.1 Å². The summed E-state index contributed by atoms with van der Waals surface area (Å²) in [6, 6.07) is 8.56. The molecule has 0 aliphatic carbocycles. The number of anilines is 1. The van der Waals surface area contributed by atoms with Crippen molar-refractivity contribution >= 4 is 11.6 Å². The van der Waals surface area contributed by atoms with Crippen molar-refractivity contribution < 1.29 is 18.0 Å². The van der Waals surface area contributed by atoms with Crippen LogP contribution in [0.5, 0.6) is 0 Å². The third kappa shape index (κ3) is 4.47. The number of hydrogen-bond donors (Lipinski definition) is 2. The second-order valence-corrected chi connectivity index (χ2v) is 4.53. The Morgan fingerprint density at radius 1 is 1.14 bits per heavy atom. The molecule has 22 heavy (non-hydrogen) atoms. The topological polar surface area (TPSA) is 54.0 Å². The number of benzene rings is 1. The van der Waals surface area contributed by atoms with Crippen LogP contribution in [0.25, 0.3) is 0 Å². The zero-order valence-corrected chi connectivity index (χ0v) is 11.5. The fraction of sp³-hybridized carbons (Fsp3) is 0.200. The number of hydrogen-bond acceptors (Lipinski definition) is 3. The lowest BCUT2D eigenvalue weighted by molar-refractivity contribution is -0.137. The summed E-state index contributed by atoms with van der Waals surface area (Å²) < 4.78 is 38.4. The van der Waals surface area contributed by atoms with Crippen molar-refractivity contribution in [2.24, 2.45) is 0 Å². The van der Waals surface area contributed by atoms with E-state index in [9.17, 15) is 18.0 Å². The quantitative estimate of drug-likeness (QED) is 0.893. The molecule has 0 aliphatic rings. The molecule has 0 unspecified atom stereocenters. The lowest BCUT2D eigenvalue weighted by Crippen LogP contribution is -2.29. The first-order valence-corrected chi connectivity index (χ1v) is 6.52. The Morgan fingerprint density at radius 3 is 2.59 bits per heavy atom. The molecular formula is C15H14F3N3O. The number of carbonyl (C=O) groups is 1. The highest BCUT2D eigenvalue weighted by molar-refractivity contribution is 5.81. The fourth-order valence-corrected chi connectivity index (χ4v) is 1.83. The monoisotopic (exact) mass is 309 g/mol. The van der Waals surface area contributed by atoms with Gasteiger partial charge in [0, 0.05) is 24.6 Å². The molecule has 0 saturated heterocycles. The van der Waals surface area contributed by atoms with Crippen LogP contribution in [0.15, 0.2) is 48.8 Å². The molecule has 7 heteroatoms. The number of amides is 1. The molecule has 1 amide bonds. The van der Waals surface area contributed by atoms with Crippen LogP contribution in [0.2, 0.25) is 0 Å². The summed E-state index contributed by atoms with van der Waals surface area (Å²) in [4.78, 5) is 15.6. The number of pyridine rings is 1. The smallest absolute Gasteiger partial charge is 0.376 e. The SMILES string of the molecule is O=C(CNc1ccccc1C(F)(F)F)NCc1cccnc1. The van der Waals surface area contributed by atoms with Gasteiger partial charge in [-0.05, 0) is 23.8 Å². The molecule has 0 fully saturated rings. The summed E-state index contributed by atoms with van der Waals surface area (Å²) in [5, 5.41) is 5.11. The highest BCUT2D eigenvalue weighted by Crippen LogP contribution is 2.34. The Morgan fingerprint density at radius 2 is 1.91 bits per heavy atom. The summed E-state index contributed by atoms with van der Waals surface area (Å²) in [5.41, 5.74) is -0.104. The number of halogens is 3. The van der Waals surface area contributed by atoms with Gasteiger partial charge in [0.2, 0.25) is 5.91 Å². The Kier molecular flexibility index (Phi) is 4.98. The van der Waals surface area contributed by atoms with Crippen molar-refractivity contribution in [3.63, 3.8) is 0 Å². The molecule has 0 aliphatic heterocycles. The number of para-hydroxylation sites is 1. The third-order valence-electron chi connectivity index (χ3n) is 2.88. The van der Waals surface area contributed by atoms with Gasteiger partial charge in [0.1, 0.15) is 0 Å². The first kappa shape index (κ1) is 15.8. The van der Waals surface area contributed by atoms with Crippen LogP contribution >= 0.6 is 0 Å². The zero-order valence-electron chi connectivity index (χ0n) is 11.5. The number of nitrogens with one attached hydrogen (secondary N) is 2. The summed E-state index contributed by atoms with van der Waals surface area (Å²) in [6.45, 7) is 0.0304. The average molecular weight is 309 g/mol. The molecule has 2 aromatic rings. The molecule has 0 spiro atoms. The highest BCUT2D eigenvalue weighted by atomic mass is 19.4. The number of alkyl halides is 3. The van der Waals surface area contributed by atoms with E-state index in [0.29, 0.717) is 0 Å². The summed E-state index contributed by atoms with van der Waals surface area (Å²) in [5.74, 6) is -0.402. The maximum absolute atomic E-state index is 12.8. The van der Waals surface area contributed by atoms with E-state index in [1.165, 1.54) is 18.2 Å². The average Bonchev–Trinajstić information content (AvgIpc) is 2.51. The summed E-state index contributed by atoms with van der Waals surface area (Å²) in [6.07, 6.45) is -1.25. The normalized spacial score (nSPS) is 11.0. The second-order valence-electron chi connectivity index (χ2n) is 4.53. The van der Waals surface area contributed by atoms with Crippen LogP contribution in [0.4, 0.5) is 18.9 Å². The molecule has 4 nitrogen and oxygen atoms in total. The van der Waals surface area contributed by atoms with Crippen molar-refractivity contribution in [2.75, 3.05) is 11.9 Å². The molecule has 0 radical (unpaired) electrons. The van der Waals surface area contributed by atoms with Gasteiger partial charge in [-0.25, -0.2) is 0 Å². The van der Waals surface area contributed by atoms with Gasteiger partial charge in [0.15, 0.2) is 0 Å². The van der Waals surface area contributed by atoms with E-state index < -0.39 is 17.6 Å². The minimum Gasteiger partial charge on any atom is -0.376 e. The fourth-order valence-electron chi connectivity index (χ4n) is 1.83. The van der Waals surface area contributed by atoms with Gasteiger partial charge in [-0.3, -0.25) is 9.78 Å². The van der Waals surface area contributed by atoms with E-state index in [1.54, 1.807) is 24.5 Å². The maximum Gasteiger partial charge on any atom is 0.418 e. The number of aromatic nitrogens is 1. The van der Waals surface area contributed by atoms with Crippen LogP contribution in [-0.2, 0) is 17.5 Å². The Bertz CT molecular complexity index is 629. The van der Waals surface area contributed by atoms with Crippen molar-refractivity contribution in [1.29, 1.82) is 0 Å². The van der Waals surface area contributed by atoms with Crippen molar-refractivity contribution in [3.8, 4) is 0 Å². The van der Waals surface area contributed by atoms with E-state index >= 15 is 0 Å². The number of nitrogens with zero attached hydrogens (tertiary/aromatic N) is 1. The lowest BCUT2D eigenvalue weighted by atomic mass is 10.1. The molecule has 2 N–H and O–H groups in total. The summed E-state index contributed by atoms with van der Waals surface area (Å²) in [7, 11) is 0. The van der Waals surface area contributed by atoms with Crippen molar-refractivity contribution in [2.45, 2.75) is 12.7 Å². The van der Waals surface area contributed by atoms with Crippen molar-refractivity contribution in [3.05, 3.63) is 59.9 Å². The predicted molar refractivity (Wildman–Crippen MR) is 76.0 cm³/mol. The number of rotatable bonds is 5. The van der Waals surface area contributed by atoms with Gasteiger partial charge in [0.25, 0.3) is 0 Å². The van der Waals surface area contributed by atoms with Crippen LogP contribution in [0, 0.1) is 0 Å². The zero-order chi connectivity index (χ0) is 16.0. The first-order chi connectivity index (χ1) is 10.5. The molecule has 0 saturated carbocycles. The van der Waals surface area contributed by atoms with Crippen LogP contribution in [0.3, 0.4) is 0 Å². The molecule has 1 aromatic carbocycles. The molecule has 1 aromatic heterocycles. The van der Waals surface area contributed by atoms with Crippen LogP contribution in [-0.4, -0.2) is 17.4 Å². The van der Waals surface area contributed by atoms with Crippen LogP contribution < -0.4 is 10.6 Å². The minimum absolute atomic E-state index is 0.119. The van der Waals surface area contributed by atoms with Gasteiger partial charge in [-0.2, -0.15) is 13.2 Å². The van der Waals surface area contributed by atoms with E-state index in [0.717, 1.165) is 11.6 Å². The molecular weight excluding hydrogens is 295 g/mol. The molecule has 1 heterocycles. The van der Waals surface area contributed by atoms with Gasteiger partial charge in [-0.15, -0.1) is 0 Å². The molecule has 0 bridgehead atoms. The standard InChI is InChI=1S/C15H14F3N3O/c16-15(17,18)12-5-1-2-6-13(12)20-10-14(22)21-9-11-4-3-7-19-8-11/h1-8,20H,9-10H2,(H,21,22). The lowest BCUT2D eigenvalue weighted by Gasteiger charge is -2.14. The summed E-state index contributed by atoms with van der Waals surface area (Å²) >= 11 is 0. The largest absolute Gasteiger partial charge is 0.418 e. The Balaban J connectivity index is 1.89. The molecule has 0 atom stereocenters. The second kappa shape index (κ2) is 6.93. The van der Waals surface area contributed by atoms with E-state index in [1.807, 2.05) is 0 Å². The molecule has 116 valence electrons. The van der Waals surface area contributed by atoms with Gasteiger partial charge in [-0.1, -0.05) is 18.2 Å².